The van der Waals surface area contributed by atoms with E-state index >= 15 is 0 Å². The number of fused-ring (bicyclic) bond motifs is 1. The van der Waals surface area contributed by atoms with Crippen LogP contribution in [0.4, 0.5) is 5.82 Å². The average Bonchev–Trinajstić information content (AvgIpc) is 2.85. The van der Waals surface area contributed by atoms with Gasteiger partial charge in [-0.1, -0.05) is 6.42 Å². The number of nitrogen functional groups attached to an aromatic ring is 1. The fourth-order valence-corrected chi connectivity index (χ4v) is 2.78. The van der Waals surface area contributed by atoms with Crippen LogP contribution in [-0.2, 0) is 6.42 Å². The maximum absolute atomic E-state index is 5.89. The van der Waals surface area contributed by atoms with Crippen molar-refractivity contribution in [1.82, 2.24) is 25.1 Å². The number of rotatable bonds is 4. The minimum absolute atomic E-state index is 0.520. The SMILES string of the molecule is Nc1ncnc2n[nH]c(CCCN3CCCCC3)c12. The fourth-order valence-electron chi connectivity index (χ4n) is 2.78. The smallest absolute Gasteiger partial charge is 0.186 e. The molecule has 0 bridgehead atoms. The minimum atomic E-state index is 0.520. The van der Waals surface area contributed by atoms with Gasteiger partial charge in [0.1, 0.15) is 12.1 Å². The number of hydrogen-bond donors (Lipinski definition) is 2. The van der Waals surface area contributed by atoms with Gasteiger partial charge in [0, 0.05) is 5.69 Å². The highest BCUT2D eigenvalue weighted by Gasteiger charge is 2.12. The summed E-state index contributed by atoms with van der Waals surface area (Å²) >= 11 is 0. The molecule has 0 radical (unpaired) electrons. The Balaban J connectivity index is 1.62. The Morgan fingerprint density at radius 2 is 2.05 bits per heavy atom. The highest BCUT2D eigenvalue weighted by atomic mass is 15.2. The van der Waals surface area contributed by atoms with Crippen LogP contribution in [0.2, 0.25) is 0 Å². The molecule has 2 aromatic rings. The molecule has 0 amide bonds. The van der Waals surface area contributed by atoms with Gasteiger partial charge in [0.15, 0.2) is 5.65 Å². The van der Waals surface area contributed by atoms with Crippen molar-refractivity contribution < 1.29 is 0 Å². The van der Waals surface area contributed by atoms with Crippen LogP contribution in [0, 0.1) is 0 Å². The lowest BCUT2D eigenvalue weighted by atomic mass is 10.1. The van der Waals surface area contributed by atoms with E-state index < -0.39 is 0 Å². The predicted octanol–water partition coefficient (Wildman–Crippen LogP) is 1.35. The van der Waals surface area contributed by atoms with E-state index in [1.807, 2.05) is 0 Å². The molecule has 1 aliphatic heterocycles. The second-order valence-electron chi connectivity index (χ2n) is 5.17. The molecule has 6 nitrogen and oxygen atoms in total. The number of aromatic nitrogens is 4. The first-order valence-corrected chi connectivity index (χ1v) is 7.00. The second-order valence-corrected chi connectivity index (χ2v) is 5.17. The summed E-state index contributed by atoms with van der Waals surface area (Å²) in [6, 6.07) is 0. The minimum Gasteiger partial charge on any atom is -0.383 e. The summed E-state index contributed by atoms with van der Waals surface area (Å²) in [5, 5.41) is 8.11. The first-order valence-electron chi connectivity index (χ1n) is 7.00. The number of anilines is 1. The normalized spacial score (nSPS) is 17.1. The molecule has 0 atom stereocenters. The zero-order valence-corrected chi connectivity index (χ0v) is 11.1. The summed E-state index contributed by atoms with van der Waals surface area (Å²) in [6.45, 7) is 3.64. The van der Waals surface area contributed by atoms with E-state index in [0.29, 0.717) is 11.5 Å². The largest absolute Gasteiger partial charge is 0.383 e. The predicted molar refractivity (Wildman–Crippen MR) is 74.7 cm³/mol. The molecule has 6 heteroatoms. The Morgan fingerprint density at radius 1 is 1.21 bits per heavy atom. The van der Waals surface area contributed by atoms with E-state index in [9.17, 15) is 0 Å². The molecule has 1 aliphatic rings. The maximum Gasteiger partial charge on any atom is 0.186 e. The molecule has 3 rings (SSSR count). The van der Waals surface area contributed by atoms with Gasteiger partial charge in [0.05, 0.1) is 5.39 Å². The van der Waals surface area contributed by atoms with Crippen LogP contribution in [0.5, 0.6) is 0 Å². The van der Waals surface area contributed by atoms with Crippen LogP contribution in [0.3, 0.4) is 0 Å². The van der Waals surface area contributed by atoms with Crippen LogP contribution in [0.15, 0.2) is 6.33 Å². The molecule has 0 unspecified atom stereocenters. The third kappa shape index (κ3) is 2.68. The van der Waals surface area contributed by atoms with Gasteiger partial charge in [-0.25, -0.2) is 9.97 Å². The zero-order chi connectivity index (χ0) is 13.1. The Hall–Kier alpha value is -1.69. The summed E-state index contributed by atoms with van der Waals surface area (Å²) in [6.07, 6.45) is 7.59. The lowest BCUT2D eigenvalue weighted by Gasteiger charge is -2.26. The highest BCUT2D eigenvalue weighted by Crippen LogP contribution is 2.20. The molecular formula is C13H20N6. The van der Waals surface area contributed by atoms with Crippen LogP contribution in [0.1, 0.15) is 31.4 Å². The van der Waals surface area contributed by atoms with E-state index in [1.165, 1.54) is 38.7 Å². The first-order chi connectivity index (χ1) is 9.34. The number of nitrogens with zero attached hydrogens (tertiary/aromatic N) is 4. The Labute approximate surface area is 112 Å². The highest BCUT2D eigenvalue weighted by molar-refractivity contribution is 5.87. The van der Waals surface area contributed by atoms with Gasteiger partial charge in [-0.3, -0.25) is 5.10 Å². The van der Waals surface area contributed by atoms with Gasteiger partial charge >= 0.3 is 0 Å². The van der Waals surface area contributed by atoms with Crippen LogP contribution in [0.25, 0.3) is 11.0 Å². The Kier molecular flexibility index (Phi) is 3.59. The van der Waals surface area contributed by atoms with Crippen molar-refractivity contribution in [2.45, 2.75) is 32.1 Å². The third-order valence-corrected chi connectivity index (χ3v) is 3.80. The number of H-pyrrole nitrogens is 1. The molecule has 1 saturated heterocycles. The molecule has 102 valence electrons. The van der Waals surface area contributed by atoms with Crippen molar-refractivity contribution in [3.05, 3.63) is 12.0 Å². The van der Waals surface area contributed by atoms with Crippen molar-refractivity contribution in [2.75, 3.05) is 25.4 Å². The van der Waals surface area contributed by atoms with Gasteiger partial charge < -0.3 is 10.6 Å². The molecule has 19 heavy (non-hydrogen) atoms. The van der Waals surface area contributed by atoms with Crippen molar-refractivity contribution >= 4 is 16.9 Å². The van der Waals surface area contributed by atoms with Crippen LogP contribution < -0.4 is 5.73 Å². The quantitative estimate of drug-likeness (QED) is 0.867. The lowest BCUT2D eigenvalue weighted by Crippen LogP contribution is -2.30. The Morgan fingerprint density at radius 3 is 2.89 bits per heavy atom. The number of aromatic amines is 1. The summed E-state index contributed by atoms with van der Waals surface area (Å²) in [5.41, 5.74) is 7.62. The van der Waals surface area contributed by atoms with Crippen molar-refractivity contribution in [3.63, 3.8) is 0 Å². The molecule has 1 fully saturated rings. The number of nitrogens with one attached hydrogen (secondary N) is 1. The van der Waals surface area contributed by atoms with E-state index in [1.54, 1.807) is 0 Å². The monoisotopic (exact) mass is 260 g/mol. The molecule has 3 N–H and O–H groups in total. The van der Waals surface area contributed by atoms with Gasteiger partial charge in [-0.05, 0) is 45.3 Å². The molecule has 3 heterocycles. The van der Waals surface area contributed by atoms with E-state index in [-0.39, 0.29) is 0 Å². The maximum atomic E-state index is 5.89. The van der Waals surface area contributed by atoms with Crippen LogP contribution >= 0.6 is 0 Å². The molecule has 2 aromatic heterocycles. The molecule has 0 spiro atoms. The number of likely N-dealkylation sites (tertiary alicyclic amines) is 1. The first kappa shape index (κ1) is 12.3. The summed E-state index contributed by atoms with van der Waals surface area (Å²) < 4.78 is 0. The molecule has 0 aromatic carbocycles. The molecule has 0 aliphatic carbocycles. The fraction of sp³-hybridized carbons (Fsp3) is 0.615. The van der Waals surface area contributed by atoms with Crippen molar-refractivity contribution in [1.29, 1.82) is 0 Å². The van der Waals surface area contributed by atoms with Crippen LogP contribution in [-0.4, -0.2) is 44.7 Å². The Bertz CT molecular complexity index is 543. The van der Waals surface area contributed by atoms with E-state index in [0.717, 1.165) is 30.5 Å². The summed E-state index contributed by atoms with van der Waals surface area (Å²) in [4.78, 5) is 10.7. The summed E-state index contributed by atoms with van der Waals surface area (Å²) in [5.74, 6) is 0.520. The lowest BCUT2D eigenvalue weighted by molar-refractivity contribution is 0.226. The molecular weight excluding hydrogens is 240 g/mol. The average molecular weight is 260 g/mol. The van der Waals surface area contributed by atoms with Gasteiger partial charge in [0.2, 0.25) is 0 Å². The zero-order valence-electron chi connectivity index (χ0n) is 11.1. The second kappa shape index (κ2) is 5.52. The van der Waals surface area contributed by atoms with Gasteiger partial charge in [0.25, 0.3) is 0 Å². The standard InChI is InChI=1S/C13H20N6/c14-12-11-10(17-18-13(11)16-9-15-12)5-4-8-19-6-2-1-3-7-19/h9H,1-8H2,(H3,14,15,16,17,18). The number of hydrogen-bond acceptors (Lipinski definition) is 5. The van der Waals surface area contributed by atoms with Gasteiger partial charge in [-0.15, -0.1) is 0 Å². The summed E-state index contributed by atoms with van der Waals surface area (Å²) in [7, 11) is 0. The van der Waals surface area contributed by atoms with Crippen molar-refractivity contribution in [2.24, 2.45) is 0 Å². The van der Waals surface area contributed by atoms with Crippen molar-refractivity contribution in [3.8, 4) is 0 Å². The topological polar surface area (TPSA) is 83.7 Å². The van der Waals surface area contributed by atoms with Gasteiger partial charge in [-0.2, -0.15) is 5.10 Å². The number of nitrogens with two attached hydrogens (primary N) is 1. The molecule has 0 saturated carbocycles. The van der Waals surface area contributed by atoms with E-state index in [4.69, 9.17) is 5.73 Å². The number of piperidine rings is 1. The number of aryl methyl sites for hydroxylation is 1. The van der Waals surface area contributed by atoms with E-state index in [2.05, 4.69) is 25.1 Å². The third-order valence-electron chi connectivity index (χ3n) is 3.80.